The second-order valence-corrected chi connectivity index (χ2v) is 8.46. The van der Waals surface area contributed by atoms with Crippen LogP contribution >= 0.6 is 0 Å². The van der Waals surface area contributed by atoms with Crippen LogP contribution in [0.5, 0.6) is 0 Å². The monoisotopic (exact) mass is 345 g/mol. The first-order chi connectivity index (χ1) is 11.9. The molecule has 1 aromatic rings. The Labute approximate surface area is 151 Å². The minimum Gasteiger partial charge on any atom is -0.379 e. The third kappa shape index (κ3) is 5.02. The van der Waals surface area contributed by atoms with E-state index in [1.54, 1.807) is 0 Å². The number of hydrogen-bond acceptors (Lipinski definition) is 4. The van der Waals surface area contributed by atoms with Gasteiger partial charge < -0.3 is 9.64 Å². The zero-order valence-electron chi connectivity index (χ0n) is 15.8. The molecule has 0 aliphatic carbocycles. The van der Waals surface area contributed by atoms with Crippen molar-refractivity contribution in [2.75, 3.05) is 32.8 Å². The van der Waals surface area contributed by atoms with Crippen molar-refractivity contribution in [3.05, 3.63) is 29.6 Å². The van der Waals surface area contributed by atoms with E-state index < -0.39 is 0 Å². The SMILES string of the molecule is CC(C)(C)CC(=O)N1CCC[C@@H]1c1ccc(CN2CCOCC2)cn1. The quantitative estimate of drug-likeness (QED) is 0.841. The van der Waals surface area contributed by atoms with Crippen LogP contribution < -0.4 is 0 Å². The van der Waals surface area contributed by atoms with E-state index in [-0.39, 0.29) is 17.4 Å². The molecule has 138 valence electrons. The average molecular weight is 345 g/mol. The molecule has 0 bridgehead atoms. The molecule has 5 nitrogen and oxygen atoms in total. The summed E-state index contributed by atoms with van der Waals surface area (Å²) in [5, 5.41) is 0. The van der Waals surface area contributed by atoms with E-state index in [2.05, 4.69) is 37.8 Å². The predicted octanol–water partition coefficient (Wildman–Crippen LogP) is 3.01. The number of hydrogen-bond donors (Lipinski definition) is 0. The van der Waals surface area contributed by atoms with Gasteiger partial charge in [-0.15, -0.1) is 0 Å². The highest BCUT2D eigenvalue weighted by Crippen LogP contribution is 2.33. The highest BCUT2D eigenvalue weighted by atomic mass is 16.5. The zero-order valence-corrected chi connectivity index (χ0v) is 15.8. The van der Waals surface area contributed by atoms with Crippen LogP contribution in [0.15, 0.2) is 18.3 Å². The first-order valence-corrected chi connectivity index (χ1v) is 9.47. The lowest BCUT2D eigenvalue weighted by atomic mass is 9.91. The molecule has 5 heteroatoms. The molecular formula is C20H31N3O2. The van der Waals surface area contributed by atoms with Crippen LogP contribution in [-0.4, -0.2) is 53.5 Å². The fraction of sp³-hybridized carbons (Fsp3) is 0.700. The molecule has 3 rings (SSSR count). The second-order valence-electron chi connectivity index (χ2n) is 8.46. The Morgan fingerprint density at radius 3 is 2.64 bits per heavy atom. The van der Waals surface area contributed by atoms with E-state index in [0.717, 1.165) is 57.9 Å². The van der Waals surface area contributed by atoms with Gasteiger partial charge in [0, 0.05) is 38.8 Å². The number of nitrogens with zero attached hydrogens (tertiary/aromatic N) is 3. The molecule has 0 N–H and O–H groups in total. The molecule has 1 atom stereocenters. The summed E-state index contributed by atoms with van der Waals surface area (Å²) in [6.45, 7) is 11.7. The van der Waals surface area contributed by atoms with Gasteiger partial charge in [-0.2, -0.15) is 0 Å². The number of likely N-dealkylation sites (tertiary alicyclic amines) is 1. The van der Waals surface area contributed by atoms with E-state index in [0.29, 0.717) is 6.42 Å². The van der Waals surface area contributed by atoms with Gasteiger partial charge in [-0.05, 0) is 29.9 Å². The van der Waals surface area contributed by atoms with Gasteiger partial charge in [0.05, 0.1) is 24.9 Å². The lowest BCUT2D eigenvalue weighted by Gasteiger charge is -2.28. The topological polar surface area (TPSA) is 45.7 Å². The molecule has 2 aliphatic heterocycles. The van der Waals surface area contributed by atoms with E-state index >= 15 is 0 Å². The van der Waals surface area contributed by atoms with Crippen molar-refractivity contribution >= 4 is 5.91 Å². The normalized spacial score (nSPS) is 22.4. The Kier molecular flexibility index (Phi) is 5.74. The van der Waals surface area contributed by atoms with Crippen molar-refractivity contribution in [1.29, 1.82) is 0 Å². The first-order valence-electron chi connectivity index (χ1n) is 9.47. The predicted molar refractivity (Wildman–Crippen MR) is 98.1 cm³/mol. The summed E-state index contributed by atoms with van der Waals surface area (Å²) >= 11 is 0. The molecule has 25 heavy (non-hydrogen) atoms. The van der Waals surface area contributed by atoms with Gasteiger partial charge in [-0.25, -0.2) is 0 Å². The summed E-state index contributed by atoms with van der Waals surface area (Å²) in [5.41, 5.74) is 2.29. The van der Waals surface area contributed by atoms with Crippen molar-refractivity contribution in [2.24, 2.45) is 5.41 Å². The summed E-state index contributed by atoms with van der Waals surface area (Å²) in [6, 6.07) is 4.43. The van der Waals surface area contributed by atoms with Crippen LogP contribution in [0.2, 0.25) is 0 Å². The Morgan fingerprint density at radius 1 is 1.24 bits per heavy atom. The van der Waals surface area contributed by atoms with Crippen LogP contribution in [-0.2, 0) is 16.1 Å². The van der Waals surface area contributed by atoms with Gasteiger partial charge in [-0.1, -0.05) is 26.8 Å². The highest BCUT2D eigenvalue weighted by molar-refractivity contribution is 5.77. The Bertz CT molecular complexity index is 574. The summed E-state index contributed by atoms with van der Waals surface area (Å²) in [5.74, 6) is 0.259. The number of rotatable bonds is 4. The number of carbonyl (C=O) groups excluding carboxylic acids is 1. The van der Waals surface area contributed by atoms with Gasteiger partial charge >= 0.3 is 0 Å². The van der Waals surface area contributed by atoms with Crippen LogP contribution in [0, 0.1) is 5.41 Å². The van der Waals surface area contributed by atoms with Gasteiger partial charge in [0.2, 0.25) is 5.91 Å². The highest BCUT2D eigenvalue weighted by Gasteiger charge is 2.32. The number of carbonyl (C=O) groups is 1. The van der Waals surface area contributed by atoms with Crippen molar-refractivity contribution < 1.29 is 9.53 Å². The molecule has 2 fully saturated rings. The van der Waals surface area contributed by atoms with Crippen molar-refractivity contribution in [2.45, 2.75) is 52.6 Å². The fourth-order valence-corrected chi connectivity index (χ4v) is 3.67. The largest absolute Gasteiger partial charge is 0.379 e. The number of morpholine rings is 1. The fourth-order valence-electron chi connectivity index (χ4n) is 3.67. The molecule has 0 aromatic carbocycles. The Morgan fingerprint density at radius 2 is 2.00 bits per heavy atom. The van der Waals surface area contributed by atoms with Gasteiger partial charge in [0.15, 0.2) is 0 Å². The van der Waals surface area contributed by atoms with Crippen LogP contribution in [0.1, 0.15) is 57.3 Å². The molecule has 0 radical (unpaired) electrons. The zero-order chi connectivity index (χ0) is 17.9. The van der Waals surface area contributed by atoms with Gasteiger partial charge in [0.25, 0.3) is 0 Å². The molecule has 0 spiro atoms. The minimum absolute atomic E-state index is 0.0274. The maximum atomic E-state index is 12.7. The van der Waals surface area contributed by atoms with Crippen LogP contribution in [0.3, 0.4) is 0 Å². The van der Waals surface area contributed by atoms with E-state index in [1.807, 2.05) is 11.1 Å². The first kappa shape index (κ1) is 18.3. The molecule has 0 unspecified atom stereocenters. The lowest BCUT2D eigenvalue weighted by molar-refractivity contribution is -0.134. The van der Waals surface area contributed by atoms with Crippen molar-refractivity contribution in [1.82, 2.24) is 14.8 Å². The summed E-state index contributed by atoms with van der Waals surface area (Å²) in [4.78, 5) is 21.8. The molecular weight excluding hydrogens is 314 g/mol. The number of aromatic nitrogens is 1. The van der Waals surface area contributed by atoms with Crippen LogP contribution in [0.4, 0.5) is 0 Å². The lowest BCUT2D eigenvalue weighted by Crippen LogP contribution is -2.35. The van der Waals surface area contributed by atoms with E-state index in [1.165, 1.54) is 5.56 Å². The molecule has 2 saturated heterocycles. The Balaban J connectivity index is 1.63. The molecule has 0 saturated carbocycles. The summed E-state index contributed by atoms with van der Waals surface area (Å²) < 4.78 is 5.40. The van der Waals surface area contributed by atoms with E-state index in [4.69, 9.17) is 9.72 Å². The molecule has 3 heterocycles. The minimum atomic E-state index is 0.0274. The third-order valence-corrected chi connectivity index (χ3v) is 4.95. The summed E-state index contributed by atoms with van der Waals surface area (Å²) in [6.07, 6.45) is 4.66. The smallest absolute Gasteiger partial charge is 0.223 e. The number of amides is 1. The standard InChI is InChI=1S/C20H31N3O2/c1-20(2,3)13-19(24)23-8-4-5-18(23)17-7-6-16(14-21-17)15-22-9-11-25-12-10-22/h6-7,14,18H,4-5,8-13,15H2,1-3H3/t18-/m1/s1. The maximum absolute atomic E-state index is 12.7. The number of pyridine rings is 1. The van der Waals surface area contributed by atoms with Crippen molar-refractivity contribution in [3.8, 4) is 0 Å². The third-order valence-electron chi connectivity index (χ3n) is 4.95. The average Bonchev–Trinajstić information content (AvgIpc) is 3.05. The molecule has 2 aliphatic rings. The summed E-state index contributed by atoms with van der Waals surface area (Å²) in [7, 11) is 0. The van der Waals surface area contributed by atoms with E-state index in [9.17, 15) is 4.79 Å². The van der Waals surface area contributed by atoms with Gasteiger partial charge in [-0.3, -0.25) is 14.7 Å². The van der Waals surface area contributed by atoms with Crippen molar-refractivity contribution in [3.63, 3.8) is 0 Å². The van der Waals surface area contributed by atoms with Crippen LogP contribution in [0.25, 0.3) is 0 Å². The molecule has 1 amide bonds. The Hall–Kier alpha value is -1.46. The maximum Gasteiger partial charge on any atom is 0.223 e. The second kappa shape index (κ2) is 7.83. The van der Waals surface area contributed by atoms with Gasteiger partial charge in [0.1, 0.15) is 0 Å². The number of ether oxygens (including phenoxy) is 1. The molecule has 1 aromatic heterocycles.